The van der Waals surface area contributed by atoms with Crippen LogP contribution in [0.2, 0.25) is 0 Å². The number of carboxylic acids is 1. The van der Waals surface area contributed by atoms with Gasteiger partial charge in [-0.1, -0.05) is 36.4 Å². The summed E-state index contributed by atoms with van der Waals surface area (Å²) in [6, 6.07) is 17.4. The maximum absolute atomic E-state index is 12.3. The van der Waals surface area contributed by atoms with Crippen LogP contribution in [0.3, 0.4) is 0 Å². The Labute approximate surface area is 171 Å². The highest BCUT2D eigenvalue weighted by Gasteiger charge is 2.24. The van der Waals surface area contributed by atoms with Gasteiger partial charge in [0.1, 0.15) is 11.5 Å². The van der Waals surface area contributed by atoms with Crippen LogP contribution >= 0.6 is 11.8 Å². The molecule has 1 aliphatic rings. The lowest BCUT2D eigenvalue weighted by Crippen LogP contribution is -2.22. The van der Waals surface area contributed by atoms with E-state index in [0.717, 1.165) is 11.3 Å². The van der Waals surface area contributed by atoms with Gasteiger partial charge in [0.05, 0.1) is 16.6 Å². The topological polar surface area (TPSA) is 94.7 Å². The molecule has 1 amide bonds. The molecule has 1 aliphatic heterocycles. The van der Waals surface area contributed by atoms with Crippen LogP contribution in [-0.4, -0.2) is 17.0 Å². The second-order valence-corrected chi connectivity index (χ2v) is 7.39. The molecule has 29 heavy (non-hydrogen) atoms. The zero-order valence-corrected chi connectivity index (χ0v) is 16.2. The predicted octanol–water partition coefficient (Wildman–Crippen LogP) is 3.51. The van der Waals surface area contributed by atoms with Gasteiger partial charge in [-0.05, 0) is 48.5 Å². The maximum Gasteiger partial charge on any atom is 0.264 e. The van der Waals surface area contributed by atoms with E-state index in [1.54, 1.807) is 36.4 Å². The van der Waals surface area contributed by atoms with Crippen LogP contribution in [0.25, 0.3) is 17.4 Å². The molecule has 0 spiro atoms. The van der Waals surface area contributed by atoms with Gasteiger partial charge in [0.2, 0.25) is 0 Å². The molecule has 0 unspecified atom stereocenters. The minimum absolute atomic E-state index is 0.0432. The number of amides is 1. The Morgan fingerprint density at radius 3 is 2.76 bits per heavy atom. The van der Waals surface area contributed by atoms with Gasteiger partial charge in [-0.25, -0.2) is 4.99 Å². The predicted molar refractivity (Wildman–Crippen MR) is 110 cm³/mol. The first kappa shape index (κ1) is 18.8. The molecule has 1 N–H and O–H groups in total. The molecule has 6 nitrogen and oxygen atoms in total. The van der Waals surface area contributed by atoms with Crippen molar-refractivity contribution in [3.8, 4) is 11.3 Å². The summed E-state index contributed by atoms with van der Waals surface area (Å²) in [6.45, 7) is 1.97. The summed E-state index contributed by atoms with van der Waals surface area (Å²) in [6.07, 6.45) is 1.60. The number of carbonyl (C=O) groups is 2. The van der Waals surface area contributed by atoms with Crippen molar-refractivity contribution in [2.75, 3.05) is 0 Å². The van der Waals surface area contributed by atoms with E-state index in [0.29, 0.717) is 27.2 Å². The fourth-order valence-corrected chi connectivity index (χ4v) is 3.70. The van der Waals surface area contributed by atoms with Gasteiger partial charge in [0, 0.05) is 17.2 Å². The van der Waals surface area contributed by atoms with Gasteiger partial charge in [-0.2, -0.15) is 0 Å². The zero-order valence-electron chi connectivity index (χ0n) is 15.3. The molecule has 1 saturated heterocycles. The molecule has 0 aliphatic carbocycles. The average molecular weight is 403 g/mol. The first-order chi connectivity index (χ1) is 14.0. The van der Waals surface area contributed by atoms with Crippen LogP contribution in [0.5, 0.6) is 0 Å². The standard InChI is InChI=1S/C22H16N2O4S/c1-13-5-4-6-14(11-13)23-22-24-20(25)19(29-22)12-15-9-10-18(28-15)16-7-2-3-8-17(16)21(26)27/h2-12H,1H3,(H,26,27)(H,23,24,25)/p-1/b19-12+. The van der Waals surface area contributed by atoms with E-state index in [2.05, 4.69) is 10.3 Å². The Kier molecular flexibility index (Phi) is 5.05. The summed E-state index contributed by atoms with van der Waals surface area (Å²) in [4.78, 5) is 28.4. The Morgan fingerprint density at radius 1 is 1.14 bits per heavy atom. The Bertz CT molecular complexity index is 1180. The number of benzene rings is 2. The molecule has 1 fully saturated rings. The molecule has 2 heterocycles. The van der Waals surface area contributed by atoms with Gasteiger partial charge >= 0.3 is 0 Å². The van der Waals surface area contributed by atoms with Crippen LogP contribution in [-0.2, 0) is 4.79 Å². The number of aliphatic imine (C=N–C) groups is 1. The number of aryl methyl sites for hydroxylation is 1. The van der Waals surface area contributed by atoms with Crippen LogP contribution < -0.4 is 10.4 Å². The highest BCUT2D eigenvalue weighted by atomic mass is 32.2. The number of nitrogens with one attached hydrogen (secondary N) is 1. The number of aromatic carboxylic acids is 1. The first-order valence-electron chi connectivity index (χ1n) is 8.76. The molecule has 3 aromatic rings. The summed E-state index contributed by atoms with van der Waals surface area (Å²) in [5, 5.41) is 14.5. The molecular formula is C22H15N2O4S-. The van der Waals surface area contributed by atoms with Crippen molar-refractivity contribution < 1.29 is 19.1 Å². The number of thioether (sulfide) groups is 1. The number of hydrogen-bond donors (Lipinski definition) is 1. The average Bonchev–Trinajstić information content (AvgIpc) is 3.29. The third-order valence-electron chi connectivity index (χ3n) is 4.20. The minimum atomic E-state index is -1.28. The number of amidine groups is 1. The van der Waals surface area contributed by atoms with Gasteiger partial charge in [0.25, 0.3) is 5.91 Å². The largest absolute Gasteiger partial charge is 0.545 e. The van der Waals surface area contributed by atoms with Crippen LogP contribution in [0.1, 0.15) is 21.7 Å². The van der Waals surface area contributed by atoms with Gasteiger partial charge in [0.15, 0.2) is 5.17 Å². The second kappa shape index (κ2) is 7.81. The minimum Gasteiger partial charge on any atom is -0.545 e. The van der Waals surface area contributed by atoms with Crippen LogP contribution in [0.15, 0.2) is 75.0 Å². The number of carbonyl (C=O) groups excluding carboxylic acids is 2. The number of rotatable bonds is 4. The van der Waals surface area contributed by atoms with E-state index >= 15 is 0 Å². The maximum atomic E-state index is 12.3. The van der Waals surface area contributed by atoms with Crippen LogP contribution in [0, 0.1) is 6.92 Å². The Hall–Kier alpha value is -3.58. The number of nitrogens with zero attached hydrogens (tertiary/aromatic N) is 1. The summed E-state index contributed by atoms with van der Waals surface area (Å²) in [5.74, 6) is -0.731. The van der Waals surface area contributed by atoms with Crippen molar-refractivity contribution in [2.45, 2.75) is 6.92 Å². The SMILES string of the molecule is Cc1cccc(N=C2NC(=O)/C(=C\c3ccc(-c4ccccc4C(=O)[O-])o3)S2)c1. The van der Waals surface area contributed by atoms with Crippen molar-refractivity contribution in [1.29, 1.82) is 0 Å². The molecular weight excluding hydrogens is 388 g/mol. The smallest absolute Gasteiger partial charge is 0.264 e. The van der Waals surface area contributed by atoms with Gasteiger partial charge < -0.3 is 19.6 Å². The third-order valence-corrected chi connectivity index (χ3v) is 5.11. The van der Waals surface area contributed by atoms with Crippen molar-refractivity contribution in [1.82, 2.24) is 5.32 Å². The molecule has 7 heteroatoms. The molecule has 0 radical (unpaired) electrons. The summed E-state index contributed by atoms with van der Waals surface area (Å²) < 4.78 is 5.74. The van der Waals surface area contributed by atoms with Gasteiger partial charge in [-0.3, -0.25) is 4.79 Å². The lowest BCUT2D eigenvalue weighted by molar-refractivity contribution is -0.254. The highest BCUT2D eigenvalue weighted by Crippen LogP contribution is 2.31. The molecule has 144 valence electrons. The highest BCUT2D eigenvalue weighted by molar-refractivity contribution is 8.18. The van der Waals surface area contributed by atoms with E-state index in [9.17, 15) is 14.7 Å². The van der Waals surface area contributed by atoms with E-state index in [-0.39, 0.29) is 11.5 Å². The Balaban J connectivity index is 1.58. The molecule has 0 bridgehead atoms. The summed E-state index contributed by atoms with van der Waals surface area (Å²) in [7, 11) is 0. The van der Waals surface area contributed by atoms with Crippen molar-refractivity contribution >= 4 is 40.6 Å². The van der Waals surface area contributed by atoms with Crippen molar-refractivity contribution in [3.05, 3.63) is 82.5 Å². The molecule has 0 atom stereocenters. The molecule has 1 aromatic heterocycles. The van der Waals surface area contributed by atoms with E-state index in [4.69, 9.17) is 4.42 Å². The monoisotopic (exact) mass is 403 g/mol. The quantitative estimate of drug-likeness (QED) is 0.673. The van der Waals surface area contributed by atoms with Gasteiger partial charge in [-0.15, -0.1) is 0 Å². The lowest BCUT2D eigenvalue weighted by Gasteiger charge is -2.07. The molecule has 0 saturated carbocycles. The summed E-state index contributed by atoms with van der Waals surface area (Å²) >= 11 is 1.21. The molecule has 4 rings (SSSR count). The fourth-order valence-electron chi connectivity index (χ4n) is 2.88. The molecule has 2 aromatic carbocycles. The summed E-state index contributed by atoms with van der Waals surface area (Å²) in [5.41, 5.74) is 2.30. The zero-order chi connectivity index (χ0) is 20.4. The van der Waals surface area contributed by atoms with Crippen LogP contribution in [0.4, 0.5) is 5.69 Å². The van der Waals surface area contributed by atoms with E-state index in [1.165, 1.54) is 17.8 Å². The normalized spacial score (nSPS) is 16.4. The second-order valence-electron chi connectivity index (χ2n) is 6.36. The number of carboxylic acid groups (broad SMARTS) is 1. The van der Waals surface area contributed by atoms with E-state index < -0.39 is 5.97 Å². The first-order valence-corrected chi connectivity index (χ1v) is 9.58. The lowest BCUT2D eigenvalue weighted by atomic mass is 10.1. The number of furan rings is 1. The third kappa shape index (κ3) is 4.14. The fraction of sp³-hybridized carbons (Fsp3) is 0.0455. The van der Waals surface area contributed by atoms with Crippen molar-refractivity contribution in [2.24, 2.45) is 4.99 Å². The van der Waals surface area contributed by atoms with Crippen molar-refractivity contribution in [3.63, 3.8) is 0 Å². The van der Waals surface area contributed by atoms with E-state index in [1.807, 2.05) is 31.2 Å². The Morgan fingerprint density at radius 2 is 1.97 bits per heavy atom. The number of hydrogen-bond acceptors (Lipinski definition) is 6.